The summed E-state index contributed by atoms with van der Waals surface area (Å²) in [4.78, 5) is 14.0. The second kappa shape index (κ2) is 7.03. The minimum absolute atomic E-state index is 0.132. The maximum Gasteiger partial charge on any atom is 0.410 e. The molecule has 0 unspecified atom stereocenters. The summed E-state index contributed by atoms with van der Waals surface area (Å²) in [5, 5.41) is 20.7. The summed E-state index contributed by atoms with van der Waals surface area (Å²) in [7, 11) is 0. The van der Waals surface area contributed by atoms with Crippen molar-refractivity contribution in [3.05, 3.63) is 35.9 Å². The van der Waals surface area contributed by atoms with Crippen molar-refractivity contribution >= 4 is 6.09 Å². The summed E-state index contributed by atoms with van der Waals surface area (Å²) in [5.74, 6) is -0.829. The second-order valence-corrected chi connectivity index (χ2v) is 7.71. The van der Waals surface area contributed by atoms with Crippen molar-refractivity contribution in [1.82, 2.24) is 4.90 Å². The van der Waals surface area contributed by atoms with Gasteiger partial charge in [0, 0.05) is 0 Å². The molecule has 0 aromatic heterocycles. The van der Waals surface area contributed by atoms with Crippen molar-refractivity contribution in [3.63, 3.8) is 0 Å². The number of likely N-dealkylation sites (tertiary alicyclic amines) is 1. The minimum atomic E-state index is -0.962. The first kappa shape index (κ1) is 18.6. The SMILES string of the molecule is CC1(C)O[C@H]2O[C@H]([C@H]3C[C@H](O)CN3C(=O)OCc3ccccc3)[C@H](O)[C@H]2O1. The van der Waals surface area contributed by atoms with Gasteiger partial charge in [-0.05, 0) is 25.8 Å². The lowest BCUT2D eigenvalue weighted by Crippen LogP contribution is -2.48. The Morgan fingerprint density at radius 1 is 1.22 bits per heavy atom. The summed E-state index contributed by atoms with van der Waals surface area (Å²) in [5.41, 5.74) is 0.873. The standard InChI is InChI=1S/C19H25NO7/c1-19(2)26-16-14(22)15(25-17(16)27-19)13-8-12(21)9-20(13)18(23)24-10-11-6-4-3-5-7-11/h3-7,12-17,21-22H,8-10H2,1-2H3/t12-,13+,14-,15+,16+,17+/m0/s1. The lowest BCUT2D eigenvalue weighted by molar-refractivity contribution is -0.220. The number of fused-ring (bicyclic) bond motifs is 1. The van der Waals surface area contributed by atoms with Gasteiger partial charge in [-0.1, -0.05) is 30.3 Å². The fraction of sp³-hybridized carbons (Fsp3) is 0.632. The van der Waals surface area contributed by atoms with Crippen LogP contribution in [0.5, 0.6) is 0 Å². The minimum Gasteiger partial charge on any atom is -0.445 e. The Morgan fingerprint density at radius 2 is 1.96 bits per heavy atom. The highest BCUT2D eigenvalue weighted by molar-refractivity contribution is 5.68. The molecule has 1 aromatic rings. The molecule has 0 spiro atoms. The van der Waals surface area contributed by atoms with Crippen LogP contribution in [-0.2, 0) is 25.6 Å². The van der Waals surface area contributed by atoms with Crippen LogP contribution in [0.4, 0.5) is 4.79 Å². The van der Waals surface area contributed by atoms with E-state index in [2.05, 4.69) is 0 Å². The van der Waals surface area contributed by atoms with E-state index in [0.29, 0.717) is 6.42 Å². The van der Waals surface area contributed by atoms with Crippen molar-refractivity contribution in [2.45, 2.75) is 69.4 Å². The fourth-order valence-electron chi connectivity index (χ4n) is 4.00. The van der Waals surface area contributed by atoms with Crippen molar-refractivity contribution in [1.29, 1.82) is 0 Å². The predicted molar refractivity (Wildman–Crippen MR) is 92.4 cm³/mol. The molecule has 0 bridgehead atoms. The Labute approximate surface area is 157 Å². The first-order valence-electron chi connectivity index (χ1n) is 9.18. The number of benzene rings is 1. The van der Waals surface area contributed by atoms with E-state index in [-0.39, 0.29) is 13.2 Å². The molecule has 1 amide bonds. The molecule has 4 rings (SSSR count). The van der Waals surface area contributed by atoms with Gasteiger partial charge in [-0.15, -0.1) is 0 Å². The van der Waals surface area contributed by atoms with E-state index in [1.54, 1.807) is 13.8 Å². The molecule has 3 aliphatic heterocycles. The van der Waals surface area contributed by atoms with Gasteiger partial charge in [0.1, 0.15) is 24.9 Å². The molecule has 1 aromatic carbocycles. The molecular weight excluding hydrogens is 354 g/mol. The van der Waals surface area contributed by atoms with Gasteiger partial charge in [-0.2, -0.15) is 0 Å². The quantitative estimate of drug-likeness (QED) is 0.808. The van der Waals surface area contributed by atoms with Crippen molar-refractivity contribution < 1.29 is 34.0 Å². The zero-order valence-corrected chi connectivity index (χ0v) is 15.4. The van der Waals surface area contributed by atoms with Gasteiger partial charge in [-0.3, -0.25) is 4.90 Å². The Morgan fingerprint density at radius 3 is 2.67 bits per heavy atom. The third-order valence-corrected chi connectivity index (χ3v) is 5.19. The maximum atomic E-state index is 12.6. The van der Waals surface area contributed by atoms with Gasteiger partial charge < -0.3 is 29.2 Å². The van der Waals surface area contributed by atoms with E-state index in [1.165, 1.54) is 4.90 Å². The number of amides is 1. The molecule has 3 aliphatic rings. The van der Waals surface area contributed by atoms with E-state index < -0.39 is 48.6 Å². The monoisotopic (exact) mass is 379 g/mol. The Bertz CT molecular complexity index is 682. The van der Waals surface area contributed by atoms with Crippen molar-refractivity contribution in [2.24, 2.45) is 0 Å². The van der Waals surface area contributed by atoms with Crippen LogP contribution in [0.2, 0.25) is 0 Å². The molecule has 27 heavy (non-hydrogen) atoms. The highest BCUT2D eigenvalue weighted by Crippen LogP contribution is 2.40. The number of hydrogen-bond donors (Lipinski definition) is 2. The fourth-order valence-corrected chi connectivity index (χ4v) is 4.00. The summed E-state index contributed by atoms with van der Waals surface area (Å²) >= 11 is 0. The van der Waals surface area contributed by atoms with Crippen LogP contribution in [-0.4, -0.2) is 70.3 Å². The van der Waals surface area contributed by atoms with Gasteiger partial charge in [0.25, 0.3) is 0 Å². The van der Waals surface area contributed by atoms with Crippen LogP contribution in [0.25, 0.3) is 0 Å². The number of nitrogens with zero attached hydrogens (tertiary/aromatic N) is 1. The average molecular weight is 379 g/mol. The van der Waals surface area contributed by atoms with E-state index in [4.69, 9.17) is 18.9 Å². The van der Waals surface area contributed by atoms with Crippen LogP contribution in [0.3, 0.4) is 0 Å². The van der Waals surface area contributed by atoms with Crippen LogP contribution in [0.1, 0.15) is 25.8 Å². The third-order valence-electron chi connectivity index (χ3n) is 5.19. The molecule has 6 atom stereocenters. The number of aliphatic hydroxyl groups excluding tert-OH is 2. The number of ether oxygens (including phenoxy) is 4. The predicted octanol–water partition coefficient (Wildman–Crippen LogP) is 0.996. The van der Waals surface area contributed by atoms with Gasteiger partial charge in [0.2, 0.25) is 0 Å². The average Bonchev–Trinajstić information content (AvgIpc) is 3.25. The molecule has 148 valence electrons. The van der Waals surface area contributed by atoms with Gasteiger partial charge in [0.05, 0.1) is 18.7 Å². The molecule has 3 saturated heterocycles. The molecule has 2 N–H and O–H groups in total. The first-order valence-corrected chi connectivity index (χ1v) is 9.18. The van der Waals surface area contributed by atoms with E-state index >= 15 is 0 Å². The van der Waals surface area contributed by atoms with Gasteiger partial charge in [-0.25, -0.2) is 4.79 Å². The first-order chi connectivity index (χ1) is 12.8. The topological polar surface area (TPSA) is 97.7 Å². The largest absolute Gasteiger partial charge is 0.445 e. The Kier molecular flexibility index (Phi) is 4.85. The zero-order chi connectivity index (χ0) is 19.2. The van der Waals surface area contributed by atoms with E-state index in [1.807, 2.05) is 30.3 Å². The normalized spacial score (nSPS) is 37.4. The number of rotatable bonds is 3. The molecular formula is C19H25NO7. The maximum absolute atomic E-state index is 12.6. The van der Waals surface area contributed by atoms with Crippen LogP contribution in [0, 0.1) is 0 Å². The molecule has 0 radical (unpaired) electrons. The smallest absolute Gasteiger partial charge is 0.410 e. The van der Waals surface area contributed by atoms with Crippen molar-refractivity contribution in [3.8, 4) is 0 Å². The summed E-state index contributed by atoms with van der Waals surface area (Å²) in [6.45, 7) is 3.78. The lowest BCUT2D eigenvalue weighted by atomic mass is 10.0. The van der Waals surface area contributed by atoms with Crippen LogP contribution >= 0.6 is 0 Å². The summed E-state index contributed by atoms with van der Waals surface area (Å²) < 4.78 is 22.6. The van der Waals surface area contributed by atoms with Crippen LogP contribution < -0.4 is 0 Å². The summed E-state index contributed by atoms with van der Waals surface area (Å²) in [6.07, 6.45) is -3.94. The Hall–Kier alpha value is -1.71. The molecule has 8 nitrogen and oxygen atoms in total. The molecule has 0 saturated carbocycles. The lowest BCUT2D eigenvalue weighted by Gasteiger charge is -2.31. The van der Waals surface area contributed by atoms with Crippen molar-refractivity contribution in [2.75, 3.05) is 6.54 Å². The molecule has 3 fully saturated rings. The molecule has 8 heteroatoms. The number of aliphatic hydroxyl groups is 2. The van der Waals surface area contributed by atoms with Gasteiger partial charge in [0.15, 0.2) is 12.1 Å². The second-order valence-electron chi connectivity index (χ2n) is 7.71. The van der Waals surface area contributed by atoms with E-state index in [9.17, 15) is 15.0 Å². The number of carbonyl (C=O) groups excluding carboxylic acids is 1. The van der Waals surface area contributed by atoms with Crippen LogP contribution in [0.15, 0.2) is 30.3 Å². The van der Waals surface area contributed by atoms with Gasteiger partial charge >= 0.3 is 6.09 Å². The summed E-state index contributed by atoms with van der Waals surface area (Å²) in [6, 6.07) is 8.84. The Balaban J connectivity index is 1.42. The highest BCUT2D eigenvalue weighted by Gasteiger charge is 2.58. The van der Waals surface area contributed by atoms with E-state index in [0.717, 1.165) is 5.56 Å². The number of hydrogen-bond acceptors (Lipinski definition) is 7. The molecule has 0 aliphatic carbocycles. The highest BCUT2D eigenvalue weighted by atomic mass is 16.8. The molecule has 3 heterocycles. The zero-order valence-electron chi connectivity index (χ0n) is 15.4. The number of carbonyl (C=O) groups is 1. The number of β-amino-alcohol motifs (C(OH)–C–C–N with tert-alkyl or cyclic N) is 1. The third kappa shape index (κ3) is 3.68.